The number of anilines is 1. The fourth-order valence-electron chi connectivity index (χ4n) is 3.00. The van der Waals surface area contributed by atoms with Crippen LogP contribution in [0.15, 0.2) is 53.4 Å². The first-order chi connectivity index (χ1) is 13.2. The first-order valence-electron chi connectivity index (χ1n) is 9.18. The summed E-state index contributed by atoms with van der Waals surface area (Å²) in [5.74, 6) is -0.0348. The van der Waals surface area contributed by atoms with Gasteiger partial charge in [-0.25, -0.2) is 12.7 Å². The number of hydrogen-bond acceptors (Lipinski definition) is 4. The van der Waals surface area contributed by atoms with Gasteiger partial charge in [0.05, 0.1) is 23.6 Å². The molecule has 0 radical (unpaired) electrons. The van der Waals surface area contributed by atoms with Crippen molar-refractivity contribution in [2.75, 3.05) is 26.5 Å². The van der Waals surface area contributed by atoms with Crippen molar-refractivity contribution >= 4 is 21.6 Å². The van der Waals surface area contributed by atoms with Crippen molar-refractivity contribution in [1.82, 2.24) is 4.31 Å². The number of methoxy groups -OCH3 is 1. The predicted molar refractivity (Wildman–Crippen MR) is 111 cm³/mol. The highest BCUT2D eigenvalue weighted by Gasteiger charge is 2.27. The number of sulfonamides is 1. The minimum atomic E-state index is -3.63. The molecule has 0 spiro atoms. The molecule has 2 rings (SSSR count). The van der Waals surface area contributed by atoms with Crippen molar-refractivity contribution in [3.63, 3.8) is 0 Å². The van der Waals surface area contributed by atoms with Crippen molar-refractivity contribution in [3.8, 4) is 5.75 Å². The summed E-state index contributed by atoms with van der Waals surface area (Å²) in [7, 11) is 0.782. The molecular formula is C21H28N2O4S. The van der Waals surface area contributed by atoms with Gasteiger partial charge in [-0.3, -0.25) is 4.79 Å². The molecule has 7 heteroatoms. The second-order valence-electron chi connectivity index (χ2n) is 6.91. The number of rotatable bonds is 8. The number of nitrogens with one attached hydrogen (secondary N) is 1. The summed E-state index contributed by atoms with van der Waals surface area (Å²) in [4.78, 5) is 13.2. The van der Waals surface area contributed by atoms with E-state index in [0.29, 0.717) is 11.4 Å². The second kappa shape index (κ2) is 9.21. The van der Waals surface area contributed by atoms with E-state index in [-0.39, 0.29) is 22.6 Å². The normalized spacial score (nSPS) is 13.8. The Morgan fingerprint density at radius 3 is 2.32 bits per heavy atom. The molecule has 1 amide bonds. The third-order valence-corrected chi connectivity index (χ3v) is 6.67. The Labute approximate surface area is 167 Å². The molecule has 2 aromatic rings. The Morgan fingerprint density at radius 1 is 1.14 bits per heavy atom. The maximum atomic E-state index is 13.1. The molecule has 0 heterocycles. The summed E-state index contributed by atoms with van der Waals surface area (Å²) in [5.41, 5.74) is 1.25. The van der Waals surface area contributed by atoms with Gasteiger partial charge in [-0.05, 0) is 29.7 Å². The third-order valence-electron chi connectivity index (χ3n) is 4.86. The van der Waals surface area contributed by atoms with Gasteiger partial charge in [0.25, 0.3) is 0 Å². The highest BCUT2D eigenvalue weighted by atomic mass is 32.2. The van der Waals surface area contributed by atoms with E-state index in [0.717, 1.165) is 16.3 Å². The van der Waals surface area contributed by atoms with E-state index < -0.39 is 10.0 Å². The zero-order valence-corrected chi connectivity index (χ0v) is 17.8. The maximum Gasteiger partial charge on any atom is 0.242 e. The fourth-order valence-corrected chi connectivity index (χ4v) is 3.93. The zero-order chi connectivity index (χ0) is 20.9. The summed E-state index contributed by atoms with van der Waals surface area (Å²) in [6.45, 7) is 4.07. The lowest BCUT2D eigenvalue weighted by molar-refractivity contribution is -0.118. The average molecular weight is 405 g/mol. The van der Waals surface area contributed by atoms with Gasteiger partial charge < -0.3 is 10.1 Å². The minimum Gasteiger partial charge on any atom is -0.495 e. The van der Waals surface area contributed by atoms with Crippen LogP contribution in [0.2, 0.25) is 0 Å². The average Bonchev–Trinajstić information content (AvgIpc) is 2.68. The summed E-state index contributed by atoms with van der Waals surface area (Å²) < 4.78 is 31.4. The molecule has 0 aliphatic rings. The van der Waals surface area contributed by atoms with Gasteiger partial charge in [0.1, 0.15) is 5.75 Å². The first kappa shape index (κ1) is 21.9. The highest BCUT2D eigenvalue weighted by molar-refractivity contribution is 7.89. The quantitative estimate of drug-likeness (QED) is 0.728. The molecule has 1 N–H and O–H groups in total. The Balaban J connectivity index is 2.43. The van der Waals surface area contributed by atoms with E-state index in [4.69, 9.17) is 4.74 Å². The van der Waals surface area contributed by atoms with Crippen LogP contribution in [0.4, 0.5) is 5.69 Å². The number of carbonyl (C=O) groups excluding carboxylic acids is 1. The van der Waals surface area contributed by atoms with Crippen molar-refractivity contribution in [1.29, 1.82) is 0 Å². The summed E-state index contributed by atoms with van der Waals surface area (Å²) in [6, 6.07) is 14.0. The van der Waals surface area contributed by atoms with Crippen LogP contribution in [0.3, 0.4) is 0 Å². The number of nitrogens with zero attached hydrogens (tertiary/aromatic N) is 1. The number of amides is 1. The predicted octanol–water partition coefficient (Wildman–Crippen LogP) is 3.71. The fraction of sp³-hybridized carbons (Fsp3) is 0.381. The number of hydrogen-bond donors (Lipinski definition) is 1. The lowest BCUT2D eigenvalue weighted by atomic mass is 9.85. The third kappa shape index (κ3) is 4.72. The van der Waals surface area contributed by atoms with Crippen LogP contribution in [-0.2, 0) is 14.8 Å². The van der Waals surface area contributed by atoms with Crippen molar-refractivity contribution in [2.24, 2.45) is 5.92 Å². The summed E-state index contributed by atoms with van der Waals surface area (Å²) >= 11 is 0. The minimum absolute atomic E-state index is 0.0911. The van der Waals surface area contributed by atoms with Crippen LogP contribution in [-0.4, -0.2) is 39.8 Å². The zero-order valence-electron chi connectivity index (χ0n) is 17.0. The summed E-state index contributed by atoms with van der Waals surface area (Å²) in [6.07, 6.45) is 0.833. The van der Waals surface area contributed by atoms with Gasteiger partial charge >= 0.3 is 0 Å². The molecule has 0 saturated carbocycles. The number of carbonyl (C=O) groups is 1. The Kier molecular flexibility index (Phi) is 7.21. The standard InChI is InChI=1S/C21H28N2O4S/c1-6-15(2)20(16-10-8-7-9-11-16)21(24)22-18-14-17(12-13-19(18)27-5)28(25,26)23(3)4/h7-15,20H,6H2,1-5H3,(H,22,24). The second-order valence-corrected chi connectivity index (χ2v) is 9.06. The molecule has 6 nitrogen and oxygen atoms in total. The first-order valence-corrected chi connectivity index (χ1v) is 10.6. The molecule has 28 heavy (non-hydrogen) atoms. The van der Waals surface area contributed by atoms with Crippen LogP contribution < -0.4 is 10.1 Å². The number of benzene rings is 2. The van der Waals surface area contributed by atoms with Crippen molar-refractivity contribution in [3.05, 3.63) is 54.1 Å². The van der Waals surface area contributed by atoms with E-state index in [1.165, 1.54) is 33.3 Å². The van der Waals surface area contributed by atoms with Crippen LogP contribution >= 0.6 is 0 Å². The topological polar surface area (TPSA) is 75.7 Å². The van der Waals surface area contributed by atoms with Gasteiger partial charge in [-0.2, -0.15) is 0 Å². The molecule has 0 bridgehead atoms. The molecule has 0 aliphatic heterocycles. The van der Waals surface area contributed by atoms with E-state index in [1.54, 1.807) is 6.07 Å². The van der Waals surface area contributed by atoms with Crippen LogP contribution in [0.5, 0.6) is 5.75 Å². The Morgan fingerprint density at radius 2 is 1.79 bits per heavy atom. The van der Waals surface area contributed by atoms with Crippen molar-refractivity contribution in [2.45, 2.75) is 31.1 Å². The van der Waals surface area contributed by atoms with E-state index in [2.05, 4.69) is 5.32 Å². The largest absolute Gasteiger partial charge is 0.495 e. The summed E-state index contributed by atoms with van der Waals surface area (Å²) in [5, 5.41) is 2.88. The van der Waals surface area contributed by atoms with E-state index >= 15 is 0 Å². The van der Waals surface area contributed by atoms with E-state index in [1.807, 2.05) is 44.2 Å². The van der Waals surface area contributed by atoms with Crippen LogP contribution in [0.1, 0.15) is 31.7 Å². The number of ether oxygens (including phenoxy) is 1. The van der Waals surface area contributed by atoms with E-state index in [9.17, 15) is 13.2 Å². The van der Waals surface area contributed by atoms with Crippen LogP contribution in [0, 0.1) is 5.92 Å². The molecule has 0 saturated heterocycles. The lowest BCUT2D eigenvalue weighted by Gasteiger charge is -2.23. The lowest BCUT2D eigenvalue weighted by Crippen LogP contribution is -2.27. The van der Waals surface area contributed by atoms with Gasteiger partial charge in [0.2, 0.25) is 15.9 Å². The Hall–Kier alpha value is -2.38. The molecule has 152 valence electrons. The van der Waals surface area contributed by atoms with Crippen molar-refractivity contribution < 1.29 is 17.9 Å². The molecule has 2 atom stereocenters. The van der Waals surface area contributed by atoms with Gasteiger partial charge in [0, 0.05) is 14.1 Å². The molecule has 2 unspecified atom stereocenters. The van der Waals surface area contributed by atoms with Crippen LogP contribution in [0.25, 0.3) is 0 Å². The molecule has 0 fully saturated rings. The Bertz CT molecular complexity index is 911. The molecule has 0 aromatic heterocycles. The SMILES string of the molecule is CCC(C)C(C(=O)Nc1cc(S(=O)(=O)N(C)C)ccc1OC)c1ccccc1. The molecular weight excluding hydrogens is 376 g/mol. The van der Waals surface area contributed by atoms with Gasteiger partial charge in [-0.1, -0.05) is 50.6 Å². The van der Waals surface area contributed by atoms with Gasteiger partial charge in [-0.15, -0.1) is 0 Å². The van der Waals surface area contributed by atoms with Gasteiger partial charge in [0.15, 0.2) is 0 Å². The smallest absolute Gasteiger partial charge is 0.242 e. The highest BCUT2D eigenvalue weighted by Crippen LogP contribution is 2.32. The molecule has 2 aromatic carbocycles. The molecule has 0 aliphatic carbocycles. The monoisotopic (exact) mass is 404 g/mol. The maximum absolute atomic E-state index is 13.1.